The maximum atomic E-state index is 5.38. The summed E-state index contributed by atoms with van der Waals surface area (Å²) in [4.78, 5) is 7.37. The van der Waals surface area contributed by atoms with Crippen LogP contribution in [0.15, 0.2) is 40.9 Å². The molecule has 3 rings (SSSR count). The highest BCUT2D eigenvalue weighted by Crippen LogP contribution is 2.16. The van der Waals surface area contributed by atoms with E-state index in [0.29, 0.717) is 6.04 Å². The van der Waals surface area contributed by atoms with Gasteiger partial charge in [0.15, 0.2) is 5.96 Å². The standard InChI is InChI=1S/C23H36N4O.HI/c1-3-24-23(25-13-8-20-11-16-28-17-12-20)26-22-9-14-27(15-10-22)18-21-7-5-4-6-19(21)2;/h4-7,11,22H,3,8-10,12-18H2,1-2H3,(H2,24,25,26);1H. The number of aliphatic imine (C=N–C) groups is 1. The summed E-state index contributed by atoms with van der Waals surface area (Å²) in [5.74, 6) is 0.965. The minimum absolute atomic E-state index is 0. The molecule has 0 radical (unpaired) electrons. The Balaban J connectivity index is 0.00000300. The van der Waals surface area contributed by atoms with Gasteiger partial charge in [0, 0.05) is 38.8 Å². The van der Waals surface area contributed by atoms with E-state index in [9.17, 15) is 0 Å². The zero-order chi connectivity index (χ0) is 19.6. The summed E-state index contributed by atoms with van der Waals surface area (Å²) >= 11 is 0. The van der Waals surface area contributed by atoms with E-state index >= 15 is 0 Å². The van der Waals surface area contributed by atoms with Crippen LogP contribution in [0.5, 0.6) is 0 Å². The number of hydrogen-bond acceptors (Lipinski definition) is 3. The molecule has 0 bridgehead atoms. The van der Waals surface area contributed by atoms with Crippen molar-refractivity contribution < 1.29 is 4.74 Å². The first-order chi connectivity index (χ1) is 13.7. The molecule has 162 valence electrons. The maximum absolute atomic E-state index is 5.38. The lowest BCUT2D eigenvalue weighted by atomic mass is 10.0. The molecule has 0 spiro atoms. The van der Waals surface area contributed by atoms with Gasteiger partial charge in [-0.25, -0.2) is 0 Å². The van der Waals surface area contributed by atoms with Crippen molar-refractivity contribution in [3.05, 3.63) is 47.0 Å². The van der Waals surface area contributed by atoms with Crippen LogP contribution < -0.4 is 10.6 Å². The third-order valence-electron chi connectivity index (χ3n) is 5.69. The molecule has 29 heavy (non-hydrogen) atoms. The predicted octanol–water partition coefficient (Wildman–Crippen LogP) is 3.87. The highest BCUT2D eigenvalue weighted by atomic mass is 127. The van der Waals surface area contributed by atoms with Gasteiger partial charge in [-0.2, -0.15) is 0 Å². The van der Waals surface area contributed by atoms with E-state index < -0.39 is 0 Å². The van der Waals surface area contributed by atoms with Gasteiger partial charge in [0.25, 0.3) is 0 Å². The molecule has 1 aromatic rings. The number of nitrogens with one attached hydrogen (secondary N) is 2. The second-order valence-electron chi connectivity index (χ2n) is 7.82. The molecular formula is C23H37IN4O. The molecule has 2 heterocycles. The van der Waals surface area contributed by atoms with Crippen molar-refractivity contribution in [3.8, 4) is 0 Å². The number of halogens is 1. The summed E-state index contributed by atoms with van der Waals surface area (Å²) in [6, 6.07) is 9.23. The van der Waals surface area contributed by atoms with Crippen molar-refractivity contribution in [2.45, 2.75) is 52.1 Å². The van der Waals surface area contributed by atoms with Gasteiger partial charge < -0.3 is 15.4 Å². The number of aryl methyl sites for hydroxylation is 1. The average molecular weight is 512 g/mol. The zero-order valence-electron chi connectivity index (χ0n) is 18.0. The zero-order valence-corrected chi connectivity index (χ0v) is 20.3. The second-order valence-corrected chi connectivity index (χ2v) is 7.82. The number of hydrogen-bond donors (Lipinski definition) is 2. The first-order valence-corrected chi connectivity index (χ1v) is 10.8. The Bertz CT molecular complexity index is 669. The Hall–Kier alpha value is -1.12. The lowest BCUT2D eigenvalue weighted by Crippen LogP contribution is -2.48. The summed E-state index contributed by atoms with van der Waals surface area (Å²) in [6.45, 7) is 11.0. The molecule has 1 fully saturated rings. The van der Waals surface area contributed by atoms with Crippen LogP contribution in [-0.4, -0.2) is 56.3 Å². The van der Waals surface area contributed by atoms with Crippen molar-refractivity contribution in [2.75, 3.05) is 39.4 Å². The van der Waals surface area contributed by atoms with Crippen molar-refractivity contribution >= 4 is 29.9 Å². The fourth-order valence-corrected chi connectivity index (χ4v) is 3.88. The first kappa shape index (κ1) is 24.2. The van der Waals surface area contributed by atoms with E-state index in [4.69, 9.17) is 9.73 Å². The molecular weight excluding hydrogens is 475 g/mol. The quantitative estimate of drug-likeness (QED) is 0.252. The van der Waals surface area contributed by atoms with Crippen molar-refractivity contribution in [1.29, 1.82) is 0 Å². The fourth-order valence-electron chi connectivity index (χ4n) is 3.88. The second kappa shape index (κ2) is 13.2. The van der Waals surface area contributed by atoms with Crippen LogP contribution in [-0.2, 0) is 11.3 Å². The van der Waals surface area contributed by atoms with E-state index in [0.717, 1.165) is 64.7 Å². The molecule has 0 saturated carbocycles. The Kier molecular flexibility index (Phi) is 11.0. The van der Waals surface area contributed by atoms with Gasteiger partial charge in [-0.1, -0.05) is 35.9 Å². The summed E-state index contributed by atoms with van der Waals surface area (Å²) in [6.07, 6.45) is 6.63. The van der Waals surface area contributed by atoms with Gasteiger partial charge in [0.2, 0.25) is 0 Å². The third-order valence-corrected chi connectivity index (χ3v) is 5.69. The van der Waals surface area contributed by atoms with Crippen LogP contribution >= 0.6 is 24.0 Å². The van der Waals surface area contributed by atoms with Crippen molar-refractivity contribution in [1.82, 2.24) is 15.5 Å². The Labute approximate surface area is 193 Å². The molecule has 0 amide bonds. The van der Waals surface area contributed by atoms with Crippen molar-refractivity contribution in [2.24, 2.45) is 4.99 Å². The number of nitrogens with zero attached hydrogens (tertiary/aromatic N) is 2. The Morgan fingerprint density at radius 2 is 2.03 bits per heavy atom. The van der Waals surface area contributed by atoms with Gasteiger partial charge in [0.1, 0.15) is 0 Å². The number of guanidine groups is 1. The monoisotopic (exact) mass is 512 g/mol. The Morgan fingerprint density at radius 3 is 2.72 bits per heavy atom. The SMILES string of the molecule is CCNC(=NCCC1=CCOCC1)NC1CCN(Cc2ccccc2C)CC1.I. The van der Waals surface area contributed by atoms with Crippen LogP contribution in [0.25, 0.3) is 0 Å². The molecule has 1 saturated heterocycles. The highest BCUT2D eigenvalue weighted by Gasteiger charge is 2.20. The summed E-state index contributed by atoms with van der Waals surface area (Å²) in [5, 5.41) is 7.07. The lowest BCUT2D eigenvalue weighted by Gasteiger charge is -2.33. The maximum Gasteiger partial charge on any atom is 0.191 e. The predicted molar refractivity (Wildman–Crippen MR) is 132 cm³/mol. The van der Waals surface area contributed by atoms with Crippen LogP contribution in [0.4, 0.5) is 0 Å². The van der Waals surface area contributed by atoms with Crippen LogP contribution in [0.1, 0.15) is 43.7 Å². The molecule has 0 aromatic heterocycles. The highest BCUT2D eigenvalue weighted by molar-refractivity contribution is 14.0. The number of rotatable bonds is 7. The summed E-state index contributed by atoms with van der Waals surface area (Å²) in [7, 11) is 0. The molecule has 0 unspecified atom stereocenters. The van der Waals surface area contributed by atoms with Crippen molar-refractivity contribution in [3.63, 3.8) is 0 Å². The van der Waals surface area contributed by atoms with Crippen LogP contribution in [0, 0.1) is 6.92 Å². The molecule has 6 heteroatoms. The van der Waals surface area contributed by atoms with Gasteiger partial charge in [-0.15, -0.1) is 24.0 Å². The minimum atomic E-state index is 0. The van der Waals surface area contributed by atoms with E-state index in [1.807, 2.05) is 0 Å². The van der Waals surface area contributed by atoms with E-state index in [1.54, 1.807) is 0 Å². The van der Waals surface area contributed by atoms with E-state index in [-0.39, 0.29) is 24.0 Å². The molecule has 0 atom stereocenters. The molecule has 0 aliphatic carbocycles. The minimum Gasteiger partial charge on any atom is -0.377 e. The van der Waals surface area contributed by atoms with Crippen LogP contribution in [0.2, 0.25) is 0 Å². The number of piperidine rings is 1. The molecule has 2 aliphatic rings. The lowest BCUT2D eigenvalue weighted by molar-refractivity contribution is 0.153. The van der Waals surface area contributed by atoms with Gasteiger partial charge >= 0.3 is 0 Å². The number of likely N-dealkylation sites (tertiary alicyclic amines) is 1. The van der Waals surface area contributed by atoms with E-state index in [2.05, 4.69) is 59.7 Å². The summed E-state index contributed by atoms with van der Waals surface area (Å²) in [5.41, 5.74) is 4.32. The molecule has 5 nitrogen and oxygen atoms in total. The molecule has 1 aromatic carbocycles. The topological polar surface area (TPSA) is 48.9 Å². The van der Waals surface area contributed by atoms with E-state index in [1.165, 1.54) is 29.5 Å². The molecule has 2 N–H and O–H groups in total. The number of benzene rings is 1. The Morgan fingerprint density at radius 1 is 1.24 bits per heavy atom. The van der Waals surface area contributed by atoms with Gasteiger partial charge in [-0.05, 0) is 50.7 Å². The smallest absolute Gasteiger partial charge is 0.191 e. The third kappa shape index (κ3) is 8.26. The van der Waals surface area contributed by atoms with Gasteiger partial charge in [-0.3, -0.25) is 9.89 Å². The largest absolute Gasteiger partial charge is 0.377 e. The average Bonchev–Trinajstić information content (AvgIpc) is 2.72. The first-order valence-electron chi connectivity index (χ1n) is 10.8. The normalized spacial score (nSPS) is 18.7. The van der Waals surface area contributed by atoms with Crippen LogP contribution in [0.3, 0.4) is 0 Å². The number of ether oxygens (including phenoxy) is 1. The fraction of sp³-hybridized carbons (Fsp3) is 0.609. The summed E-state index contributed by atoms with van der Waals surface area (Å²) < 4.78 is 5.38. The molecule has 2 aliphatic heterocycles. The van der Waals surface area contributed by atoms with Gasteiger partial charge in [0.05, 0.1) is 13.2 Å².